The third-order valence-corrected chi connectivity index (χ3v) is 17.6. The molecule has 0 aromatic carbocycles. The van der Waals surface area contributed by atoms with Crippen molar-refractivity contribution in [3.63, 3.8) is 0 Å². The van der Waals surface area contributed by atoms with Crippen LogP contribution in [0.3, 0.4) is 0 Å². The van der Waals surface area contributed by atoms with Crippen LogP contribution in [0.15, 0.2) is 249 Å². The molecule has 0 aromatic heterocycles. The van der Waals surface area contributed by atoms with Crippen LogP contribution in [0.2, 0.25) is 0 Å². The second-order valence-electron chi connectivity index (χ2n) is 25.0. The SMILES string of the molecule is C=CC1=C(C)C2=NC1=CC1=NC(=CC3=C(C)C4=C(O)CC(=C5NC(=C2)[C@@H](C)[C@@H]5CCC(=O)O[C@H]2C=C(C)[C@H](/C=C/C(C)=C/C=C/C(C)=C/C=C/C=C(C)/C=C/C=C(C)/C=C/C5=C(C)C[C@@H](O)CC5(C)C)C(C)(C)C2)C4=N3)C(CC)=C1C. The molecule has 5 atom stereocenters. The van der Waals surface area contributed by atoms with E-state index in [4.69, 9.17) is 19.7 Å². The van der Waals surface area contributed by atoms with E-state index in [1.165, 1.54) is 33.4 Å². The zero-order valence-electron chi connectivity index (χ0n) is 51.1. The number of aliphatic hydroxyl groups excluding tert-OH is 2. The lowest BCUT2D eigenvalue weighted by molar-refractivity contribution is -0.149. The number of carbonyl (C=O) groups excluding carboxylic acids is 1. The Labute approximate surface area is 484 Å². The third kappa shape index (κ3) is 13.5. The minimum absolute atomic E-state index is 0.0194. The molecule has 8 nitrogen and oxygen atoms in total. The molecule has 8 aliphatic rings. The van der Waals surface area contributed by atoms with Gasteiger partial charge in [-0.15, -0.1) is 0 Å². The first kappa shape index (κ1) is 59.9. The molecule has 8 bridgehead atoms. The van der Waals surface area contributed by atoms with E-state index in [9.17, 15) is 15.0 Å². The first-order valence-corrected chi connectivity index (χ1v) is 29.3. The van der Waals surface area contributed by atoms with Gasteiger partial charge in [-0.3, -0.25) is 4.79 Å². The van der Waals surface area contributed by atoms with Gasteiger partial charge >= 0.3 is 5.97 Å². The van der Waals surface area contributed by atoms with Gasteiger partial charge in [-0.25, -0.2) is 15.0 Å². The van der Waals surface area contributed by atoms with Crippen molar-refractivity contribution in [1.82, 2.24) is 5.32 Å². The number of hydrogen-bond acceptors (Lipinski definition) is 8. The summed E-state index contributed by atoms with van der Waals surface area (Å²) in [4.78, 5) is 29.5. The number of aliphatic hydroxyl groups is 2. The van der Waals surface area contributed by atoms with Gasteiger partial charge in [-0.1, -0.05) is 173 Å². The number of hydrogen-bond donors (Lipinski definition) is 3. The van der Waals surface area contributed by atoms with E-state index in [1.807, 2.05) is 13.0 Å². The molecular weight excluding hydrogens is 997 g/mol. The van der Waals surface area contributed by atoms with E-state index < -0.39 is 0 Å². The highest BCUT2D eigenvalue weighted by atomic mass is 16.5. The van der Waals surface area contributed by atoms with Gasteiger partial charge in [0, 0.05) is 58.7 Å². The average Bonchev–Trinajstić information content (AvgIpc) is 4.28. The van der Waals surface area contributed by atoms with Gasteiger partial charge < -0.3 is 20.3 Å². The van der Waals surface area contributed by atoms with Crippen LogP contribution in [0.25, 0.3) is 0 Å². The zero-order valence-corrected chi connectivity index (χ0v) is 51.1. The predicted octanol–water partition coefficient (Wildman–Crippen LogP) is 17.6. The molecular formula is C73H88N4O4. The van der Waals surface area contributed by atoms with Gasteiger partial charge in [-0.05, 0) is 157 Å². The molecule has 5 heterocycles. The fourth-order valence-electron chi connectivity index (χ4n) is 13.1. The molecule has 8 rings (SSSR count). The number of nitrogens with zero attached hydrogens (tertiary/aromatic N) is 3. The van der Waals surface area contributed by atoms with E-state index in [0.29, 0.717) is 18.6 Å². The fourth-order valence-corrected chi connectivity index (χ4v) is 13.1. The summed E-state index contributed by atoms with van der Waals surface area (Å²) in [5.74, 6) is 0.267. The monoisotopic (exact) mass is 1080 g/mol. The summed E-state index contributed by atoms with van der Waals surface area (Å²) in [5.41, 5.74) is 22.4. The van der Waals surface area contributed by atoms with Crippen LogP contribution in [0, 0.1) is 28.6 Å². The van der Waals surface area contributed by atoms with Crippen molar-refractivity contribution in [3.05, 3.63) is 234 Å². The molecule has 3 N–H and O–H groups in total. The van der Waals surface area contributed by atoms with Crippen molar-refractivity contribution >= 4 is 23.1 Å². The van der Waals surface area contributed by atoms with Crippen LogP contribution in [0.4, 0.5) is 0 Å². The Morgan fingerprint density at radius 1 is 0.802 bits per heavy atom. The Morgan fingerprint density at radius 2 is 1.43 bits per heavy atom. The van der Waals surface area contributed by atoms with Crippen LogP contribution in [0.1, 0.15) is 149 Å². The van der Waals surface area contributed by atoms with Crippen molar-refractivity contribution in [2.24, 2.45) is 43.6 Å². The van der Waals surface area contributed by atoms with Crippen molar-refractivity contribution in [2.75, 3.05) is 0 Å². The number of esters is 1. The van der Waals surface area contributed by atoms with E-state index in [2.05, 4.69) is 218 Å². The molecule has 1 fully saturated rings. The van der Waals surface area contributed by atoms with E-state index >= 15 is 0 Å². The topological polar surface area (TPSA) is 116 Å². The zero-order chi connectivity index (χ0) is 58.7. The molecule has 0 saturated carbocycles. The van der Waals surface area contributed by atoms with Gasteiger partial charge in [0.1, 0.15) is 11.9 Å². The summed E-state index contributed by atoms with van der Waals surface area (Å²) < 4.78 is 6.32. The molecule has 8 heteroatoms. The minimum Gasteiger partial charge on any atom is -0.511 e. The Hall–Kier alpha value is -7.16. The number of fused-ring (bicyclic) bond motifs is 5. The molecule has 424 valence electrons. The van der Waals surface area contributed by atoms with Crippen LogP contribution in [-0.2, 0) is 9.53 Å². The van der Waals surface area contributed by atoms with Crippen molar-refractivity contribution in [3.8, 4) is 0 Å². The maximum Gasteiger partial charge on any atom is 0.306 e. The number of allylic oxidation sites excluding steroid dienone is 32. The van der Waals surface area contributed by atoms with Gasteiger partial charge in [0.15, 0.2) is 0 Å². The molecule has 0 radical (unpaired) electrons. The number of aliphatic imine (C=N–C) groups is 3. The highest BCUT2D eigenvalue weighted by molar-refractivity contribution is 6.21. The van der Waals surface area contributed by atoms with Crippen LogP contribution in [0.5, 0.6) is 0 Å². The fraction of sp³-hybridized carbons (Fsp3) is 0.397. The first-order valence-electron chi connectivity index (χ1n) is 29.3. The number of ether oxygens (including phenoxy) is 1. The van der Waals surface area contributed by atoms with Crippen molar-refractivity contribution in [2.45, 2.75) is 161 Å². The molecule has 0 aromatic rings. The number of carbonyl (C=O) groups is 1. The Morgan fingerprint density at radius 3 is 2.07 bits per heavy atom. The van der Waals surface area contributed by atoms with Crippen molar-refractivity contribution < 1.29 is 19.7 Å². The summed E-state index contributed by atoms with van der Waals surface area (Å²) in [5, 5.41) is 25.6. The van der Waals surface area contributed by atoms with E-state index in [0.717, 1.165) is 116 Å². The number of rotatable bonds is 16. The molecule has 5 aliphatic heterocycles. The second kappa shape index (κ2) is 24.9. The minimum atomic E-state index is -0.318. The maximum absolute atomic E-state index is 14.0. The van der Waals surface area contributed by atoms with Crippen LogP contribution in [-0.4, -0.2) is 45.5 Å². The van der Waals surface area contributed by atoms with E-state index in [-0.39, 0.29) is 53.2 Å². The smallest absolute Gasteiger partial charge is 0.306 e. The average molecular weight is 1090 g/mol. The van der Waals surface area contributed by atoms with Gasteiger partial charge in [-0.2, -0.15) is 0 Å². The number of nitrogens with one attached hydrogen (secondary N) is 1. The summed E-state index contributed by atoms with van der Waals surface area (Å²) >= 11 is 0. The molecule has 0 spiro atoms. The van der Waals surface area contributed by atoms with Crippen LogP contribution < -0.4 is 5.32 Å². The van der Waals surface area contributed by atoms with Crippen molar-refractivity contribution in [1.29, 1.82) is 0 Å². The Kier molecular flexibility index (Phi) is 18.4. The third-order valence-electron chi connectivity index (χ3n) is 17.6. The highest BCUT2D eigenvalue weighted by Gasteiger charge is 2.42. The largest absolute Gasteiger partial charge is 0.511 e. The lowest BCUT2D eigenvalue weighted by Gasteiger charge is -2.40. The van der Waals surface area contributed by atoms with Gasteiger partial charge in [0.2, 0.25) is 0 Å². The normalized spacial score (nSPS) is 26.3. The first-order chi connectivity index (χ1) is 38.4. The summed E-state index contributed by atoms with van der Waals surface area (Å²) in [6.45, 7) is 36.5. The summed E-state index contributed by atoms with van der Waals surface area (Å²) in [7, 11) is 0. The van der Waals surface area contributed by atoms with Crippen LogP contribution >= 0.6 is 0 Å². The lowest BCUT2D eigenvalue weighted by atomic mass is 9.67. The second-order valence-corrected chi connectivity index (χ2v) is 25.0. The summed E-state index contributed by atoms with van der Waals surface area (Å²) in [6, 6.07) is 0. The molecule has 81 heavy (non-hydrogen) atoms. The highest BCUT2D eigenvalue weighted by Crippen LogP contribution is 2.48. The lowest BCUT2D eigenvalue weighted by Crippen LogP contribution is -2.35. The van der Waals surface area contributed by atoms with E-state index in [1.54, 1.807) is 0 Å². The van der Waals surface area contributed by atoms with Gasteiger partial charge in [0.25, 0.3) is 0 Å². The quantitative estimate of drug-likeness (QED) is 0.0809. The maximum atomic E-state index is 14.0. The standard InChI is InChI=1S/C73H88N4O4/c1-17-55-49(9)61-38-63-51(11)57(70(76-63)58-37-67(79)69-52(12)64(77-71(58)69)40-66-56(18-2)50(10)62(75-66)39-65(55)74-61)31-34-68(80)81-54-36-48(8)60(73(15,16)42-54)33-30-46(6)28-22-26-44(4)24-20-19-23-43(3)25-21-27-45(5)29-32-59-47(7)35-53(78)41-72(59,13)14/h17,19-30,32-33,36,38-40,51,53-54,57,60,76,78-79H,1,18,31,34-35,37,41-42H2,2-16H3/b20-19+,25-21+,26-22+,32-29+,33-30+,43-23+,44-24+,45-27+,46-28+,63-38?,65-39?,66-40?,70-58?/t51-,53+,54-,57-,60-/m0/s1. The van der Waals surface area contributed by atoms with Gasteiger partial charge in [0.05, 0.1) is 40.3 Å². The predicted molar refractivity (Wildman–Crippen MR) is 339 cm³/mol. The summed E-state index contributed by atoms with van der Waals surface area (Å²) in [6.07, 6.45) is 44.0. The molecule has 0 amide bonds. The molecule has 0 unspecified atom stereocenters. The Balaban J connectivity index is 0.890. The molecule has 1 saturated heterocycles. The molecule has 3 aliphatic carbocycles. The Bertz CT molecular complexity index is 3400.